The number of carbonyl (C=O) groups is 2. The van der Waals surface area contributed by atoms with E-state index in [1.54, 1.807) is 0 Å². The van der Waals surface area contributed by atoms with Gasteiger partial charge < -0.3 is 14.4 Å². The standard InChI is InChI=1S/C33H43ClN2O3S/c1-4-6-23-15-28(34)11-13-29(23)27-18-36-17-25-9-12-30(25)26(19-37)8-5-7-21(2)22(3)40-35-33(38)24-10-14-32(39-20-27)31(36)16-24/h10-11,13-16,19,21-22,25-27,30H,4-9,12,17-18,20H2,1-3H3,(H,35,38). The Labute approximate surface area is 248 Å². The number of benzene rings is 2. The predicted molar refractivity (Wildman–Crippen MR) is 166 cm³/mol. The van der Waals surface area contributed by atoms with Crippen LogP contribution in [0, 0.1) is 23.7 Å². The molecule has 0 spiro atoms. The zero-order valence-corrected chi connectivity index (χ0v) is 25.6. The van der Waals surface area contributed by atoms with Crippen LogP contribution in [0.2, 0.25) is 5.02 Å². The molecule has 2 aliphatic heterocycles. The zero-order chi connectivity index (χ0) is 28.2. The highest BCUT2D eigenvalue weighted by atomic mass is 35.5. The molecule has 5 nitrogen and oxygen atoms in total. The van der Waals surface area contributed by atoms with Crippen molar-refractivity contribution in [3.63, 3.8) is 0 Å². The number of amides is 1. The van der Waals surface area contributed by atoms with Crippen LogP contribution in [0.5, 0.6) is 5.75 Å². The second-order valence-corrected chi connectivity index (χ2v) is 13.8. The molecule has 1 fully saturated rings. The number of anilines is 1. The number of rotatable bonds is 4. The molecule has 2 aromatic rings. The van der Waals surface area contributed by atoms with Gasteiger partial charge in [0.25, 0.3) is 5.91 Å². The van der Waals surface area contributed by atoms with Gasteiger partial charge in [-0.25, -0.2) is 0 Å². The summed E-state index contributed by atoms with van der Waals surface area (Å²) in [5.74, 6) is 2.40. The monoisotopic (exact) mass is 582 g/mol. The largest absolute Gasteiger partial charge is 0.491 e. The lowest BCUT2D eigenvalue weighted by Gasteiger charge is -2.43. The number of fused-ring (bicyclic) bond motifs is 2. The third kappa shape index (κ3) is 6.49. The third-order valence-electron chi connectivity index (χ3n) is 9.50. The Morgan fingerprint density at radius 2 is 1.95 bits per heavy atom. The molecule has 5 rings (SSSR count). The summed E-state index contributed by atoms with van der Waals surface area (Å²) in [4.78, 5) is 27.9. The highest BCUT2D eigenvalue weighted by Gasteiger charge is 2.39. The minimum absolute atomic E-state index is 0.0647. The first-order valence-electron chi connectivity index (χ1n) is 15.1. The molecule has 0 saturated heterocycles. The van der Waals surface area contributed by atoms with Gasteiger partial charge in [-0.1, -0.05) is 51.3 Å². The molecular weight excluding hydrogens is 540 g/mol. The van der Waals surface area contributed by atoms with Crippen LogP contribution in [0.3, 0.4) is 0 Å². The summed E-state index contributed by atoms with van der Waals surface area (Å²) in [6.45, 7) is 8.86. The second kappa shape index (κ2) is 13.2. The first-order valence-corrected chi connectivity index (χ1v) is 16.3. The molecule has 0 aromatic heterocycles. The average molecular weight is 583 g/mol. The van der Waals surface area contributed by atoms with Crippen LogP contribution < -0.4 is 14.4 Å². The Bertz CT molecular complexity index is 1210. The molecule has 1 amide bonds. The van der Waals surface area contributed by atoms with Crippen LogP contribution in [0.15, 0.2) is 36.4 Å². The lowest BCUT2D eigenvalue weighted by molar-refractivity contribution is -0.115. The van der Waals surface area contributed by atoms with Crippen LogP contribution in [0.4, 0.5) is 5.69 Å². The summed E-state index contributed by atoms with van der Waals surface area (Å²) in [6, 6.07) is 12.1. The van der Waals surface area contributed by atoms with Crippen molar-refractivity contribution in [1.29, 1.82) is 0 Å². The van der Waals surface area contributed by atoms with E-state index in [9.17, 15) is 9.59 Å². The number of carbonyl (C=O) groups excluding carboxylic acids is 2. The van der Waals surface area contributed by atoms with Crippen molar-refractivity contribution in [2.75, 3.05) is 24.6 Å². The summed E-state index contributed by atoms with van der Waals surface area (Å²) in [6.07, 6.45) is 8.59. The number of hydrogen-bond acceptors (Lipinski definition) is 5. The van der Waals surface area contributed by atoms with Crippen molar-refractivity contribution in [2.45, 2.75) is 76.9 Å². The molecule has 0 radical (unpaired) electrons. The van der Waals surface area contributed by atoms with Gasteiger partial charge in [-0.15, -0.1) is 0 Å². The zero-order valence-electron chi connectivity index (χ0n) is 24.0. The molecule has 1 N–H and O–H groups in total. The molecule has 6 atom stereocenters. The van der Waals surface area contributed by atoms with Crippen LogP contribution >= 0.6 is 23.5 Å². The fraction of sp³-hybridized carbons (Fsp3) is 0.576. The second-order valence-electron chi connectivity index (χ2n) is 12.2. The normalized spacial score (nSPS) is 29.3. The fourth-order valence-corrected chi connectivity index (χ4v) is 7.71. The molecule has 2 bridgehead atoms. The number of nitrogens with one attached hydrogen (secondary N) is 1. The van der Waals surface area contributed by atoms with Crippen LogP contribution in [-0.2, 0) is 11.2 Å². The van der Waals surface area contributed by atoms with E-state index in [-0.39, 0.29) is 17.7 Å². The van der Waals surface area contributed by atoms with Crippen molar-refractivity contribution in [2.24, 2.45) is 23.7 Å². The SMILES string of the molecule is CCCc1cc(Cl)ccc1C1COc2ccc3cc2N(C1)CC1CCC1C(C=O)CCCC(C)C(C)SNC3=O. The number of aldehydes is 1. The average Bonchev–Trinajstić information content (AvgIpc) is 3.12. The maximum atomic E-state index is 13.2. The topological polar surface area (TPSA) is 58.6 Å². The first kappa shape index (κ1) is 29.3. The Hall–Kier alpha value is -2.18. The molecule has 2 aromatic carbocycles. The van der Waals surface area contributed by atoms with Gasteiger partial charge in [0.2, 0.25) is 0 Å². The highest BCUT2D eigenvalue weighted by molar-refractivity contribution is 7.98. The maximum absolute atomic E-state index is 13.2. The van der Waals surface area contributed by atoms with Gasteiger partial charge >= 0.3 is 0 Å². The van der Waals surface area contributed by atoms with Crippen molar-refractivity contribution < 1.29 is 14.3 Å². The van der Waals surface area contributed by atoms with E-state index in [1.165, 1.54) is 29.4 Å². The van der Waals surface area contributed by atoms with Gasteiger partial charge in [0.15, 0.2) is 0 Å². The number of aryl methyl sites for hydroxylation is 1. The van der Waals surface area contributed by atoms with Gasteiger partial charge in [0, 0.05) is 40.8 Å². The van der Waals surface area contributed by atoms with E-state index in [2.05, 4.69) is 42.5 Å². The number of ether oxygens (including phenoxy) is 1. The first-order chi connectivity index (χ1) is 19.4. The molecule has 6 unspecified atom stereocenters. The van der Waals surface area contributed by atoms with E-state index in [1.807, 2.05) is 24.3 Å². The van der Waals surface area contributed by atoms with E-state index in [4.69, 9.17) is 16.3 Å². The number of nitrogens with zero attached hydrogens (tertiary/aromatic N) is 1. The van der Waals surface area contributed by atoms with Crippen LogP contribution in [0.25, 0.3) is 0 Å². The summed E-state index contributed by atoms with van der Waals surface area (Å²) < 4.78 is 9.56. The van der Waals surface area contributed by atoms with Gasteiger partial charge in [0.1, 0.15) is 12.0 Å². The quantitative estimate of drug-likeness (QED) is 0.296. The van der Waals surface area contributed by atoms with Crippen molar-refractivity contribution in [3.8, 4) is 5.75 Å². The maximum Gasteiger partial charge on any atom is 0.261 e. The van der Waals surface area contributed by atoms with Crippen LogP contribution in [0.1, 0.15) is 86.7 Å². The Morgan fingerprint density at radius 3 is 2.70 bits per heavy atom. The molecule has 2 heterocycles. The van der Waals surface area contributed by atoms with Gasteiger partial charge in [0.05, 0.1) is 12.3 Å². The Balaban J connectivity index is 1.50. The minimum atomic E-state index is -0.0647. The van der Waals surface area contributed by atoms with Gasteiger partial charge in [-0.2, -0.15) is 0 Å². The van der Waals surface area contributed by atoms with E-state index in [0.717, 1.165) is 74.5 Å². The molecule has 1 aliphatic carbocycles. The smallest absolute Gasteiger partial charge is 0.261 e. The van der Waals surface area contributed by atoms with Crippen LogP contribution in [-0.4, -0.2) is 37.1 Å². The summed E-state index contributed by atoms with van der Waals surface area (Å²) in [5.41, 5.74) is 4.21. The van der Waals surface area contributed by atoms with E-state index < -0.39 is 0 Å². The molecular formula is C33H43ClN2O3S. The van der Waals surface area contributed by atoms with Crippen molar-refractivity contribution in [3.05, 3.63) is 58.1 Å². The number of hydrogen-bond donors (Lipinski definition) is 1. The third-order valence-corrected chi connectivity index (χ3v) is 10.9. The van der Waals surface area contributed by atoms with E-state index >= 15 is 0 Å². The summed E-state index contributed by atoms with van der Waals surface area (Å²) in [7, 11) is 0. The summed E-state index contributed by atoms with van der Waals surface area (Å²) >= 11 is 7.91. The van der Waals surface area contributed by atoms with E-state index in [0.29, 0.717) is 35.2 Å². The Kier molecular flexibility index (Phi) is 9.68. The molecule has 3 aliphatic rings. The minimum Gasteiger partial charge on any atom is -0.491 e. The number of halogens is 1. The molecule has 40 heavy (non-hydrogen) atoms. The van der Waals surface area contributed by atoms with Gasteiger partial charge in [-0.05, 0) is 103 Å². The fourth-order valence-electron chi connectivity index (χ4n) is 6.74. The highest BCUT2D eigenvalue weighted by Crippen LogP contribution is 2.44. The lowest BCUT2D eigenvalue weighted by atomic mass is 9.66. The van der Waals surface area contributed by atoms with Gasteiger partial charge in [-0.3, -0.25) is 9.52 Å². The molecule has 216 valence electrons. The molecule has 1 saturated carbocycles. The lowest BCUT2D eigenvalue weighted by Crippen LogP contribution is -2.43. The predicted octanol–water partition coefficient (Wildman–Crippen LogP) is 7.70. The Morgan fingerprint density at radius 1 is 1.10 bits per heavy atom. The molecule has 7 heteroatoms. The summed E-state index contributed by atoms with van der Waals surface area (Å²) in [5, 5.41) is 1.06. The van der Waals surface area contributed by atoms with Crippen molar-refractivity contribution >= 4 is 41.4 Å². The van der Waals surface area contributed by atoms with Crippen molar-refractivity contribution in [1.82, 2.24) is 4.72 Å².